The van der Waals surface area contributed by atoms with Gasteiger partial charge < -0.3 is 9.15 Å². The summed E-state index contributed by atoms with van der Waals surface area (Å²) in [5.41, 5.74) is 0. The molecule has 1 aliphatic carbocycles. The second kappa shape index (κ2) is 3.60. The zero-order chi connectivity index (χ0) is 9.10. The number of hydrogen-bond acceptors (Lipinski definition) is 4. The van der Waals surface area contributed by atoms with E-state index in [1.807, 2.05) is 0 Å². The number of oxazole rings is 1. The quantitative estimate of drug-likeness (QED) is 0.694. The Morgan fingerprint density at radius 1 is 1.46 bits per heavy atom. The van der Waals surface area contributed by atoms with Crippen LogP contribution >= 0.6 is 0 Å². The van der Waals surface area contributed by atoms with Crippen LogP contribution in [0.2, 0.25) is 0 Å². The van der Waals surface area contributed by atoms with Crippen LogP contribution in [0.25, 0.3) is 0 Å². The van der Waals surface area contributed by atoms with Crippen molar-refractivity contribution in [3.8, 4) is 6.08 Å². The first kappa shape index (κ1) is 8.29. The molecule has 1 saturated carbocycles. The molecule has 70 valence electrons. The van der Waals surface area contributed by atoms with Crippen LogP contribution < -0.4 is 4.74 Å². The second-order valence-electron chi connectivity index (χ2n) is 3.15. The van der Waals surface area contributed by atoms with Crippen molar-refractivity contribution in [3.05, 3.63) is 12.5 Å². The lowest BCUT2D eigenvalue weighted by atomic mass is 9.97. The minimum Gasteiger partial charge on any atom is -0.447 e. The van der Waals surface area contributed by atoms with E-state index in [0.29, 0.717) is 24.7 Å². The molecule has 1 aromatic rings. The van der Waals surface area contributed by atoms with E-state index in [-0.39, 0.29) is 6.10 Å². The van der Waals surface area contributed by atoms with Gasteiger partial charge in [0, 0.05) is 12.8 Å². The van der Waals surface area contributed by atoms with Crippen LogP contribution in [0.15, 0.2) is 16.9 Å². The van der Waals surface area contributed by atoms with Crippen LogP contribution in [-0.4, -0.2) is 16.9 Å². The molecule has 0 spiro atoms. The van der Waals surface area contributed by atoms with Crippen molar-refractivity contribution in [2.45, 2.75) is 31.8 Å². The van der Waals surface area contributed by atoms with Gasteiger partial charge in [-0.15, -0.1) is 0 Å². The van der Waals surface area contributed by atoms with Crippen molar-refractivity contribution in [2.24, 2.45) is 0 Å². The summed E-state index contributed by atoms with van der Waals surface area (Å²) >= 11 is 0. The van der Waals surface area contributed by atoms with E-state index < -0.39 is 0 Å². The highest BCUT2D eigenvalue weighted by Crippen LogP contribution is 2.20. The molecule has 0 atom stereocenters. The van der Waals surface area contributed by atoms with Crippen molar-refractivity contribution in [2.75, 3.05) is 0 Å². The predicted molar refractivity (Wildman–Crippen MR) is 44.4 cm³/mol. The third kappa shape index (κ3) is 2.08. The second-order valence-corrected chi connectivity index (χ2v) is 3.15. The van der Waals surface area contributed by atoms with E-state index in [1.54, 1.807) is 6.20 Å². The molecule has 0 saturated heterocycles. The number of carbonyl (C=O) groups is 1. The molecule has 4 heteroatoms. The van der Waals surface area contributed by atoms with Gasteiger partial charge in [0.05, 0.1) is 6.20 Å². The molecule has 1 aliphatic rings. The Hall–Kier alpha value is -1.32. The van der Waals surface area contributed by atoms with Gasteiger partial charge in [-0.3, -0.25) is 4.79 Å². The van der Waals surface area contributed by atoms with Crippen LogP contribution in [0.3, 0.4) is 0 Å². The summed E-state index contributed by atoms with van der Waals surface area (Å²) in [6.07, 6.45) is 6.21. The van der Waals surface area contributed by atoms with E-state index in [0.717, 1.165) is 12.8 Å². The fourth-order valence-corrected chi connectivity index (χ4v) is 1.44. The molecule has 0 aromatic carbocycles. The van der Waals surface area contributed by atoms with Crippen LogP contribution in [-0.2, 0) is 4.79 Å². The van der Waals surface area contributed by atoms with Crippen molar-refractivity contribution in [1.82, 2.24) is 4.98 Å². The highest BCUT2D eigenvalue weighted by molar-refractivity contribution is 5.79. The molecule has 0 N–H and O–H groups in total. The zero-order valence-corrected chi connectivity index (χ0v) is 7.23. The molecule has 2 rings (SSSR count). The lowest BCUT2D eigenvalue weighted by Gasteiger charge is -2.19. The van der Waals surface area contributed by atoms with Crippen LogP contribution in [0.1, 0.15) is 25.7 Å². The van der Waals surface area contributed by atoms with Crippen LogP contribution in [0, 0.1) is 0 Å². The summed E-state index contributed by atoms with van der Waals surface area (Å²) in [5, 5.41) is 0. The molecule has 0 unspecified atom stereocenters. The number of rotatable bonds is 2. The number of hydrogen-bond donors (Lipinski definition) is 0. The number of Topliss-reactive ketones (excluding diaryl/α,β-unsaturated/α-hetero) is 1. The summed E-state index contributed by atoms with van der Waals surface area (Å²) in [6.45, 7) is 0. The summed E-state index contributed by atoms with van der Waals surface area (Å²) in [6, 6.07) is 0. The molecule has 0 aliphatic heterocycles. The number of carbonyl (C=O) groups excluding carboxylic acids is 1. The molecule has 1 aromatic heterocycles. The van der Waals surface area contributed by atoms with E-state index in [4.69, 9.17) is 9.15 Å². The molecular formula is C9H11NO3. The summed E-state index contributed by atoms with van der Waals surface area (Å²) in [5.74, 6) is 0.326. The van der Waals surface area contributed by atoms with Gasteiger partial charge >= 0.3 is 6.08 Å². The highest BCUT2D eigenvalue weighted by Gasteiger charge is 2.20. The van der Waals surface area contributed by atoms with E-state index in [9.17, 15) is 4.79 Å². The van der Waals surface area contributed by atoms with E-state index in [1.165, 1.54) is 6.26 Å². The zero-order valence-electron chi connectivity index (χ0n) is 7.23. The van der Waals surface area contributed by atoms with Crippen molar-refractivity contribution < 1.29 is 13.9 Å². The number of nitrogens with zero attached hydrogens (tertiary/aromatic N) is 1. The standard InChI is InChI=1S/C9H11NO3/c11-7-1-3-8(4-2-7)13-9-10-5-6-12-9/h5-6,8H,1-4H2. The maximum absolute atomic E-state index is 10.9. The van der Waals surface area contributed by atoms with Gasteiger partial charge in [0.25, 0.3) is 0 Å². The number of aromatic nitrogens is 1. The van der Waals surface area contributed by atoms with E-state index >= 15 is 0 Å². The van der Waals surface area contributed by atoms with Gasteiger partial charge in [-0.05, 0) is 12.8 Å². The topological polar surface area (TPSA) is 52.3 Å². The molecule has 0 amide bonds. The number of ether oxygens (including phenoxy) is 1. The minimum absolute atomic E-state index is 0.0938. The Morgan fingerprint density at radius 2 is 2.23 bits per heavy atom. The molecule has 0 radical (unpaired) electrons. The van der Waals surface area contributed by atoms with Crippen LogP contribution in [0.5, 0.6) is 6.08 Å². The Kier molecular flexibility index (Phi) is 2.29. The monoisotopic (exact) mass is 181 g/mol. The van der Waals surface area contributed by atoms with Gasteiger partial charge in [0.2, 0.25) is 0 Å². The third-order valence-corrected chi connectivity index (χ3v) is 2.17. The molecule has 1 heterocycles. The van der Waals surface area contributed by atoms with E-state index in [2.05, 4.69) is 4.98 Å². The average molecular weight is 181 g/mol. The normalized spacial score (nSPS) is 18.9. The maximum Gasteiger partial charge on any atom is 0.393 e. The smallest absolute Gasteiger partial charge is 0.393 e. The Labute approximate surface area is 75.9 Å². The molecule has 0 bridgehead atoms. The Bertz CT molecular complexity index is 271. The lowest BCUT2D eigenvalue weighted by Crippen LogP contribution is -2.24. The van der Waals surface area contributed by atoms with Gasteiger partial charge in [-0.1, -0.05) is 0 Å². The van der Waals surface area contributed by atoms with Crippen molar-refractivity contribution in [1.29, 1.82) is 0 Å². The summed E-state index contributed by atoms with van der Waals surface area (Å²) < 4.78 is 10.4. The largest absolute Gasteiger partial charge is 0.447 e. The Balaban J connectivity index is 1.86. The predicted octanol–water partition coefficient (Wildman–Crippen LogP) is 1.57. The fraction of sp³-hybridized carbons (Fsp3) is 0.556. The van der Waals surface area contributed by atoms with Crippen molar-refractivity contribution >= 4 is 5.78 Å². The minimum atomic E-state index is 0.0938. The first-order chi connectivity index (χ1) is 6.34. The average Bonchev–Trinajstić information content (AvgIpc) is 2.62. The highest BCUT2D eigenvalue weighted by atomic mass is 16.6. The number of ketones is 1. The molecular weight excluding hydrogens is 170 g/mol. The van der Waals surface area contributed by atoms with Crippen LogP contribution in [0.4, 0.5) is 0 Å². The summed E-state index contributed by atoms with van der Waals surface area (Å²) in [4.78, 5) is 14.8. The van der Waals surface area contributed by atoms with Gasteiger partial charge in [0.1, 0.15) is 18.2 Å². The SMILES string of the molecule is O=C1CCC(Oc2ncco2)CC1. The first-order valence-electron chi connectivity index (χ1n) is 4.42. The first-order valence-corrected chi connectivity index (χ1v) is 4.42. The van der Waals surface area contributed by atoms with Crippen molar-refractivity contribution in [3.63, 3.8) is 0 Å². The van der Waals surface area contributed by atoms with Gasteiger partial charge in [-0.25, -0.2) is 0 Å². The maximum atomic E-state index is 10.9. The molecule has 4 nitrogen and oxygen atoms in total. The third-order valence-electron chi connectivity index (χ3n) is 2.17. The Morgan fingerprint density at radius 3 is 2.85 bits per heavy atom. The fourth-order valence-electron chi connectivity index (χ4n) is 1.44. The summed E-state index contributed by atoms with van der Waals surface area (Å²) in [7, 11) is 0. The molecule has 13 heavy (non-hydrogen) atoms. The van der Waals surface area contributed by atoms with Gasteiger partial charge in [0.15, 0.2) is 0 Å². The van der Waals surface area contributed by atoms with Gasteiger partial charge in [-0.2, -0.15) is 4.98 Å². The lowest BCUT2D eigenvalue weighted by molar-refractivity contribution is -0.121. The molecule has 1 fully saturated rings.